The largest absolute Gasteiger partial charge is 0.316 e. The summed E-state index contributed by atoms with van der Waals surface area (Å²) >= 11 is 13.6. The van der Waals surface area contributed by atoms with Crippen molar-refractivity contribution in [3.63, 3.8) is 0 Å². The Kier molecular flexibility index (Phi) is 11.3. The van der Waals surface area contributed by atoms with Gasteiger partial charge in [-0.25, -0.2) is 0 Å². The van der Waals surface area contributed by atoms with Crippen LogP contribution in [-0.2, 0) is 0 Å². The smallest absolute Gasteiger partial charge is 0.194 e. The summed E-state index contributed by atoms with van der Waals surface area (Å²) in [5, 5.41) is -3.53. The summed E-state index contributed by atoms with van der Waals surface area (Å²) in [7, 11) is 0. The van der Waals surface area contributed by atoms with Crippen LogP contribution in [0.1, 0.15) is 0 Å². The standard InChI is InChI=1S/C4H2Cl2F2.C3ClF3/c5-3(7)1-2-4(6)8;4-2(5)1-3(6)7/h1-2H;. The average molecular weight is 287 g/mol. The summed E-state index contributed by atoms with van der Waals surface area (Å²) in [4.78, 5) is 0. The molecule has 0 atom stereocenters. The van der Waals surface area contributed by atoms with Gasteiger partial charge >= 0.3 is 6.08 Å². The lowest BCUT2D eigenvalue weighted by atomic mass is 10.6. The third-order valence-electron chi connectivity index (χ3n) is 0.524. The van der Waals surface area contributed by atoms with Gasteiger partial charge < -0.3 is 0 Å². The van der Waals surface area contributed by atoms with Crippen LogP contribution in [0.4, 0.5) is 22.0 Å². The molecule has 0 radical (unpaired) electrons. The summed E-state index contributed by atoms with van der Waals surface area (Å²) in [6.45, 7) is 0. The first-order chi connectivity index (χ1) is 6.75. The Morgan fingerprint density at radius 3 is 1.20 bits per heavy atom. The molecule has 0 saturated carbocycles. The Bertz CT molecular complexity index is 271. The molecule has 0 fully saturated rings. The van der Waals surface area contributed by atoms with E-state index in [0.29, 0.717) is 12.2 Å². The van der Waals surface area contributed by atoms with E-state index in [9.17, 15) is 22.0 Å². The van der Waals surface area contributed by atoms with Crippen molar-refractivity contribution in [3.8, 4) is 0 Å². The van der Waals surface area contributed by atoms with Crippen LogP contribution in [0.5, 0.6) is 0 Å². The quantitative estimate of drug-likeness (QED) is 0.339. The van der Waals surface area contributed by atoms with E-state index >= 15 is 0 Å². The third kappa shape index (κ3) is 24.7. The highest BCUT2D eigenvalue weighted by Gasteiger charge is 1.84. The Balaban J connectivity index is 0. The van der Waals surface area contributed by atoms with E-state index in [2.05, 4.69) is 34.8 Å². The number of allylic oxidation sites excluding steroid dienone is 2. The Hall–Kier alpha value is -0.480. The van der Waals surface area contributed by atoms with Crippen LogP contribution in [0.3, 0.4) is 0 Å². The summed E-state index contributed by atoms with van der Waals surface area (Å²) < 4.78 is 55.4. The van der Waals surface area contributed by atoms with E-state index in [1.807, 2.05) is 0 Å². The predicted molar refractivity (Wildman–Crippen MR) is 49.8 cm³/mol. The molecule has 0 aromatic heterocycles. The molecule has 0 heterocycles. The van der Waals surface area contributed by atoms with Crippen molar-refractivity contribution in [1.82, 2.24) is 0 Å². The second-order valence-corrected chi connectivity index (χ2v) is 2.61. The van der Waals surface area contributed by atoms with Crippen molar-refractivity contribution in [1.29, 1.82) is 0 Å². The molecule has 0 unspecified atom stereocenters. The van der Waals surface area contributed by atoms with Crippen molar-refractivity contribution in [2.45, 2.75) is 0 Å². The monoisotopic (exact) mass is 286 g/mol. The van der Waals surface area contributed by atoms with Gasteiger partial charge in [0.2, 0.25) is 5.29 Å². The van der Waals surface area contributed by atoms with E-state index in [4.69, 9.17) is 0 Å². The van der Waals surface area contributed by atoms with Crippen molar-refractivity contribution < 1.29 is 22.0 Å². The topological polar surface area (TPSA) is 0 Å². The maximum Gasteiger partial charge on any atom is 0.316 e. The van der Waals surface area contributed by atoms with Crippen LogP contribution in [0.15, 0.2) is 39.8 Å². The number of rotatable bonds is 1. The van der Waals surface area contributed by atoms with Gasteiger partial charge in [0.05, 0.1) is 0 Å². The molecule has 0 aliphatic carbocycles. The maximum atomic E-state index is 11.4. The lowest BCUT2D eigenvalue weighted by Crippen LogP contribution is -1.53. The lowest BCUT2D eigenvalue weighted by molar-refractivity contribution is 0.422. The molecule has 0 aromatic rings. The summed E-state index contributed by atoms with van der Waals surface area (Å²) in [6.07, 6.45) is -0.833. The van der Waals surface area contributed by atoms with Crippen LogP contribution in [0.2, 0.25) is 0 Å². The van der Waals surface area contributed by atoms with Crippen molar-refractivity contribution >= 4 is 34.8 Å². The van der Waals surface area contributed by atoms with Gasteiger partial charge in [-0.15, -0.1) is 0 Å². The molecule has 0 saturated heterocycles. The predicted octanol–water partition coefficient (Wildman–Crippen LogP) is 5.50. The number of hydrogen-bond donors (Lipinski definition) is 0. The fraction of sp³-hybridized carbons (Fsp3) is 0. The molecule has 15 heavy (non-hydrogen) atoms. The first-order valence-electron chi connectivity index (χ1n) is 2.92. The van der Waals surface area contributed by atoms with Crippen LogP contribution in [0, 0.1) is 0 Å². The van der Waals surface area contributed by atoms with Crippen LogP contribution in [0.25, 0.3) is 0 Å². The average Bonchev–Trinajstić information content (AvgIpc) is 1.99. The highest BCUT2D eigenvalue weighted by atomic mass is 35.5. The Morgan fingerprint density at radius 2 is 1.13 bits per heavy atom. The fourth-order valence-electron chi connectivity index (χ4n) is 0.197. The van der Waals surface area contributed by atoms with Gasteiger partial charge in [-0.2, -0.15) is 22.0 Å². The SMILES string of the molecule is FC(Cl)=CC=C(F)Cl.FC(F)=C=C(F)Cl. The maximum absolute atomic E-state index is 11.4. The van der Waals surface area contributed by atoms with E-state index in [1.54, 1.807) is 0 Å². The van der Waals surface area contributed by atoms with Crippen LogP contribution < -0.4 is 0 Å². The van der Waals surface area contributed by atoms with E-state index in [0.717, 1.165) is 5.73 Å². The zero-order valence-corrected chi connectivity index (χ0v) is 8.95. The molecule has 0 amide bonds. The Morgan fingerprint density at radius 1 is 0.800 bits per heavy atom. The van der Waals surface area contributed by atoms with E-state index in [1.165, 1.54) is 0 Å². The second kappa shape index (κ2) is 10.1. The molecular formula is C7H2Cl3F5. The van der Waals surface area contributed by atoms with Crippen molar-refractivity contribution in [2.24, 2.45) is 0 Å². The molecule has 0 aliphatic heterocycles. The van der Waals surface area contributed by atoms with E-state index in [-0.39, 0.29) is 0 Å². The molecule has 0 bridgehead atoms. The van der Waals surface area contributed by atoms with Crippen molar-refractivity contribution in [2.75, 3.05) is 0 Å². The minimum absolute atomic E-state index is 0.712. The highest BCUT2D eigenvalue weighted by Crippen LogP contribution is 2.06. The summed E-state index contributed by atoms with van der Waals surface area (Å²) in [6, 6.07) is 0. The molecule has 0 spiro atoms. The van der Waals surface area contributed by atoms with Gasteiger partial charge in [0, 0.05) is 0 Å². The minimum Gasteiger partial charge on any atom is -0.194 e. The Labute approximate surface area is 96.9 Å². The molecule has 0 aromatic carbocycles. The molecule has 8 heteroatoms. The first-order valence-corrected chi connectivity index (χ1v) is 4.06. The molecule has 0 N–H and O–H groups in total. The lowest BCUT2D eigenvalue weighted by Gasteiger charge is -1.74. The van der Waals surface area contributed by atoms with Crippen LogP contribution >= 0.6 is 34.8 Å². The molecule has 86 valence electrons. The highest BCUT2D eigenvalue weighted by molar-refractivity contribution is 6.29. The summed E-state index contributed by atoms with van der Waals surface area (Å²) in [5.74, 6) is 0. The van der Waals surface area contributed by atoms with E-state index < -0.39 is 21.9 Å². The first kappa shape index (κ1) is 16.9. The van der Waals surface area contributed by atoms with Gasteiger partial charge in [-0.1, -0.05) is 23.2 Å². The third-order valence-corrected chi connectivity index (χ3v) is 0.871. The number of hydrogen-bond acceptors (Lipinski definition) is 0. The zero-order valence-electron chi connectivity index (χ0n) is 6.68. The fourth-order valence-corrected chi connectivity index (χ4v) is 0.395. The van der Waals surface area contributed by atoms with Crippen LogP contribution in [-0.4, -0.2) is 0 Å². The van der Waals surface area contributed by atoms with Crippen molar-refractivity contribution in [3.05, 3.63) is 39.8 Å². The normalized spacial score (nSPS) is 11.2. The molecule has 0 nitrogen and oxygen atoms in total. The molecular weight excluding hydrogens is 285 g/mol. The second-order valence-electron chi connectivity index (χ2n) is 1.56. The molecule has 0 aliphatic rings. The van der Waals surface area contributed by atoms with Gasteiger partial charge in [-0.3, -0.25) is 0 Å². The number of halogens is 8. The van der Waals surface area contributed by atoms with Gasteiger partial charge in [-0.05, 0) is 29.5 Å². The zero-order chi connectivity index (χ0) is 12.4. The van der Waals surface area contributed by atoms with Gasteiger partial charge in [0.25, 0.3) is 0 Å². The minimum atomic E-state index is -2.26. The van der Waals surface area contributed by atoms with Gasteiger partial charge in [0.1, 0.15) is 0 Å². The summed E-state index contributed by atoms with van der Waals surface area (Å²) in [5.41, 5.74) is 0.904. The molecule has 0 rings (SSSR count). The van der Waals surface area contributed by atoms with Gasteiger partial charge in [0.15, 0.2) is 10.6 Å².